The van der Waals surface area contributed by atoms with E-state index in [1.807, 2.05) is 0 Å². The average molecular weight is 318 g/mol. The molecule has 122 valence electrons. The van der Waals surface area contributed by atoms with E-state index in [2.05, 4.69) is 20.8 Å². The molecule has 0 unspecified atom stereocenters. The molecule has 2 rings (SSSR count). The maximum atomic E-state index is 13.3. The van der Waals surface area contributed by atoms with Crippen molar-refractivity contribution in [1.29, 1.82) is 0 Å². The fourth-order valence-electron chi connectivity index (χ4n) is 2.04. The van der Waals surface area contributed by atoms with Crippen LogP contribution in [0.15, 0.2) is 24.3 Å². The largest absolute Gasteiger partial charge is 0.356 e. The van der Waals surface area contributed by atoms with Gasteiger partial charge in [-0.1, -0.05) is 0 Å². The Morgan fingerprint density at radius 3 is 2.65 bits per heavy atom. The normalized spacial score (nSPS) is 10.4. The first-order valence-corrected chi connectivity index (χ1v) is 7.32. The quantitative estimate of drug-likeness (QED) is 0.710. The molecule has 6 nitrogen and oxygen atoms in total. The lowest BCUT2D eigenvalue weighted by molar-refractivity contribution is -0.118. The number of carbonyl (C=O) groups excluding carboxylic acids is 2. The molecule has 1 aromatic carbocycles. The highest BCUT2D eigenvalue weighted by atomic mass is 19.1. The summed E-state index contributed by atoms with van der Waals surface area (Å²) < 4.78 is 13.3. The van der Waals surface area contributed by atoms with Gasteiger partial charge in [0.2, 0.25) is 5.91 Å². The first-order chi connectivity index (χ1) is 11.0. The molecule has 7 heteroatoms. The summed E-state index contributed by atoms with van der Waals surface area (Å²) >= 11 is 0. The molecular formula is C16H19FN4O2. The van der Waals surface area contributed by atoms with Crippen LogP contribution >= 0.6 is 0 Å². The fraction of sp³-hybridized carbons (Fsp3) is 0.312. The fourth-order valence-corrected chi connectivity index (χ4v) is 2.04. The molecule has 0 spiro atoms. The van der Waals surface area contributed by atoms with Gasteiger partial charge in [-0.3, -0.25) is 14.7 Å². The van der Waals surface area contributed by atoms with Crippen molar-refractivity contribution in [3.63, 3.8) is 0 Å². The standard InChI is InChI=1S/C16H19FN4O2/c1-10-8-12(4-5-13(10)17)14-9-15(21-20-14)16(23)19-7-3-6-18-11(2)22/h4-5,8-9H,3,6-7H2,1-2H3,(H,18,22)(H,19,23)(H,20,21). The summed E-state index contributed by atoms with van der Waals surface area (Å²) in [5.74, 6) is -0.643. The van der Waals surface area contributed by atoms with E-state index in [0.29, 0.717) is 36.5 Å². The number of aromatic nitrogens is 2. The van der Waals surface area contributed by atoms with E-state index in [4.69, 9.17) is 0 Å². The van der Waals surface area contributed by atoms with Gasteiger partial charge < -0.3 is 10.6 Å². The average Bonchev–Trinajstić information content (AvgIpc) is 2.99. The van der Waals surface area contributed by atoms with Crippen LogP contribution < -0.4 is 10.6 Å². The number of aryl methyl sites for hydroxylation is 1. The summed E-state index contributed by atoms with van der Waals surface area (Å²) in [6, 6.07) is 6.30. The van der Waals surface area contributed by atoms with Gasteiger partial charge in [0.1, 0.15) is 11.5 Å². The van der Waals surface area contributed by atoms with E-state index in [1.165, 1.54) is 13.0 Å². The van der Waals surface area contributed by atoms with Crippen LogP contribution in [0.1, 0.15) is 29.4 Å². The number of hydrogen-bond acceptors (Lipinski definition) is 3. The number of rotatable bonds is 6. The van der Waals surface area contributed by atoms with Crippen molar-refractivity contribution in [3.05, 3.63) is 41.3 Å². The third kappa shape index (κ3) is 4.64. The molecule has 0 aliphatic rings. The lowest BCUT2D eigenvalue weighted by Crippen LogP contribution is -2.28. The molecule has 0 radical (unpaired) electrons. The summed E-state index contributed by atoms with van der Waals surface area (Å²) in [5.41, 5.74) is 2.18. The molecular weight excluding hydrogens is 299 g/mol. The van der Waals surface area contributed by atoms with Gasteiger partial charge in [0.25, 0.3) is 5.91 Å². The zero-order chi connectivity index (χ0) is 16.8. The van der Waals surface area contributed by atoms with E-state index in [0.717, 1.165) is 5.56 Å². The highest BCUT2D eigenvalue weighted by Crippen LogP contribution is 2.20. The van der Waals surface area contributed by atoms with Gasteiger partial charge >= 0.3 is 0 Å². The van der Waals surface area contributed by atoms with Gasteiger partial charge in [-0.15, -0.1) is 0 Å². The van der Waals surface area contributed by atoms with E-state index >= 15 is 0 Å². The van der Waals surface area contributed by atoms with Gasteiger partial charge in [-0.05, 0) is 43.2 Å². The number of amides is 2. The molecule has 1 heterocycles. The van der Waals surface area contributed by atoms with Crippen molar-refractivity contribution in [1.82, 2.24) is 20.8 Å². The van der Waals surface area contributed by atoms with Crippen LogP contribution in [0.5, 0.6) is 0 Å². The van der Waals surface area contributed by atoms with E-state index in [9.17, 15) is 14.0 Å². The first kappa shape index (κ1) is 16.7. The second-order valence-electron chi connectivity index (χ2n) is 5.22. The summed E-state index contributed by atoms with van der Waals surface area (Å²) in [6.45, 7) is 4.08. The van der Waals surface area contributed by atoms with Crippen molar-refractivity contribution in [2.24, 2.45) is 0 Å². The molecule has 0 bridgehead atoms. The molecule has 1 aromatic heterocycles. The second-order valence-corrected chi connectivity index (χ2v) is 5.22. The van der Waals surface area contributed by atoms with Crippen molar-refractivity contribution >= 4 is 11.8 Å². The van der Waals surface area contributed by atoms with Crippen molar-refractivity contribution in [3.8, 4) is 11.3 Å². The minimum Gasteiger partial charge on any atom is -0.356 e. The van der Waals surface area contributed by atoms with E-state index < -0.39 is 0 Å². The molecule has 3 N–H and O–H groups in total. The number of benzene rings is 1. The van der Waals surface area contributed by atoms with Crippen LogP contribution in [0, 0.1) is 12.7 Å². The topological polar surface area (TPSA) is 86.9 Å². The van der Waals surface area contributed by atoms with Crippen molar-refractivity contribution in [2.45, 2.75) is 20.3 Å². The number of carbonyl (C=O) groups is 2. The summed E-state index contributed by atoms with van der Waals surface area (Å²) in [4.78, 5) is 22.7. The first-order valence-electron chi connectivity index (χ1n) is 7.32. The Balaban J connectivity index is 1.92. The zero-order valence-electron chi connectivity index (χ0n) is 13.1. The second kappa shape index (κ2) is 7.53. The predicted molar refractivity (Wildman–Crippen MR) is 84.4 cm³/mol. The summed E-state index contributed by atoms with van der Waals surface area (Å²) in [6.07, 6.45) is 0.642. The highest BCUT2D eigenvalue weighted by Gasteiger charge is 2.11. The van der Waals surface area contributed by atoms with E-state index in [1.54, 1.807) is 25.1 Å². The molecule has 0 aliphatic carbocycles. The van der Waals surface area contributed by atoms with Gasteiger partial charge in [0.15, 0.2) is 0 Å². The monoisotopic (exact) mass is 318 g/mol. The lowest BCUT2D eigenvalue weighted by Gasteiger charge is -2.03. The molecule has 0 saturated heterocycles. The van der Waals surface area contributed by atoms with Crippen LogP contribution in [0.3, 0.4) is 0 Å². The maximum Gasteiger partial charge on any atom is 0.269 e. The van der Waals surface area contributed by atoms with Crippen LogP contribution in [0.25, 0.3) is 11.3 Å². The van der Waals surface area contributed by atoms with Gasteiger partial charge in [-0.25, -0.2) is 4.39 Å². The molecule has 2 aromatic rings. The smallest absolute Gasteiger partial charge is 0.269 e. The van der Waals surface area contributed by atoms with Crippen LogP contribution in [0.2, 0.25) is 0 Å². The number of nitrogens with zero attached hydrogens (tertiary/aromatic N) is 1. The Hall–Kier alpha value is -2.70. The third-order valence-electron chi connectivity index (χ3n) is 3.29. The number of H-pyrrole nitrogens is 1. The third-order valence-corrected chi connectivity index (χ3v) is 3.29. The molecule has 0 fully saturated rings. The Labute approximate surface area is 133 Å². The zero-order valence-corrected chi connectivity index (χ0v) is 13.1. The van der Waals surface area contributed by atoms with Gasteiger partial charge in [0.05, 0.1) is 5.69 Å². The Bertz CT molecular complexity index is 712. The Morgan fingerprint density at radius 1 is 1.22 bits per heavy atom. The van der Waals surface area contributed by atoms with E-state index in [-0.39, 0.29) is 17.6 Å². The minimum absolute atomic E-state index is 0.0934. The predicted octanol–water partition coefficient (Wildman–Crippen LogP) is 1.78. The summed E-state index contributed by atoms with van der Waals surface area (Å²) in [7, 11) is 0. The Kier molecular flexibility index (Phi) is 5.46. The van der Waals surface area contributed by atoms with Crippen LogP contribution in [-0.2, 0) is 4.79 Å². The van der Waals surface area contributed by atoms with Crippen molar-refractivity contribution < 1.29 is 14.0 Å². The molecule has 0 aliphatic heterocycles. The van der Waals surface area contributed by atoms with Crippen LogP contribution in [0.4, 0.5) is 4.39 Å². The number of halogens is 1. The Morgan fingerprint density at radius 2 is 1.96 bits per heavy atom. The number of nitrogens with one attached hydrogen (secondary N) is 3. The summed E-state index contributed by atoms with van der Waals surface area (Å²) in [5, 5.41) is 12.1. The molecule has 0 saturated carbocycles. The van der Waals surface area contributed by atoms with Gasteiger partial charge in [0, 0.05) is 25.6 Å². The molecule has 23 heavy (non-hydrogen) atoms. The van der Waals surface area contributed by atoms with Gasteiger partial charge in [-0.2, -0.15) is 5.10 Å². The minimum atomic E-state index is -0.276. The molecule has 0 atom stereocenters. The SMILES string of the molecule is CC(=O)NCCCNC(=O)c1cc(-c2ccc(F)c(C)c2)n[nH]1. The highest BCUT2D eigenvalue weighted by molar-refractivity contribution is 5.93. The maximum absolute atomic E-state index is 13.3. The number of hydrogen-bond donors (Lipinski definition) is 3. The number of aromatic amines is 1. The van der Waals surface area contributed by atoms with Crippen molar-refractivity contribution in [2.75, 3.05) is 13.1 Å². The van der Waals surface area contributed by atoms with Crippen LogP contribution in [-0.4, -0.2) is 35.1 Å². The molecule has 2 amide bonds. The lowest BCUT2D eigenvalue weighted by atomic mass is 10.1.